The van der Waals surface area contributed by atoms with E-state index < -0.39 is 26.8 Å². The van der Waals surface area contributed by atoms with Gasteiger partial charge in [0.2, 0.25) is 10.9 Å². The van der Waals surface area contributed by atoms with Crippen LogP contribution in [0.2, 0.25) is 0 Å². The molecule has 0 unspecified atom stereocenters. The fourth-order valence-electron chi connectivity index (χ4n) is 2.88. The molecule has 0 spiro atoms. The van der Waals surface area contributed by atoms with Gasteiger partial charge >= 0.3 is 0 Å². The summed E-state index contributed by atoms with van der Waals surface area (Å²) in [6, 6.07) is 8.20. The molecule has 3 rings (SSSR count). The molecular formula is C18H19FN2O4S. The summed E-state index contributed by atoms with van der Waals surface area (Å²) in [5.41, 5.74) is 2.65. The quantitative estimate of drug-likeness (QED) is 0.748. The smallest absolute Gasteiger partial charge is 0.284 e. The molecule has 138 valence electrons. The van der Waals surface area contributed by atoms with Crippen LogP contribution >= 0.6 is 0 Å². The molecule has 1 heterocycles. The van der Waals surface area contributed by atoms with E-state index in [0.29, 0.717) is 6.42 Å². The molecule has 1 N–H and O–H groups in total. The standard InChI is InChI=1S/C18H19FN2O4S/c19-16-6-2-10-20-18(16)26(23,24)21-17(22)7-3-11-25-15-9-8-13-4-1-5-14(13)12-15/h2,6,8-10,12H,1,3-5,7,11H2,(H,21,22). The van der Waals surface area contributed by atoms with Crippen LogP contribution in [0.3, 0.4) is 0 Å². The molecule has 0 radical (unpaired) electrons. The molecule has 2 aromatic rings. The van der Waals surface area contributed by atoms with Crippen molar-refractivity contribution in [1.29, 1.82) is 0 Å². The summed E-state index contributed by atoms with van der Waals surface area (Å²) >= 11 is 0. The lowest BCUT2D eigenvalue weighted by Gasteiger charge is -2.09. The first kappa shape index (κ1) is 18.3. The Morgan fingerprint density at radius 1 is 1.23 bits per heavy atom. The monoisotopic (exact) mass is 378 g/mol. The van der Waals surface area contributed by atoms with Gasteiger partial charge in [-0.25, -0.2) is 14.1 Å². The van der Waals surface area contributed by atoms with Crippen LogP contribution in [0.5, 0.6) is 5.75 Å². The number of halogens is 1. The summed E-state index contributed by atoms with van der Waals surface area (Å²) in [5.74, 6) is -0.991. The molecule has 1 aromatic heterocycles. The number of ether oxygens (including phenoxy) is 1. The van der Waals surface area contributed by atoms with E-state index >= 15 is 0 Å². The third-order valence-corrected chi connectivity index (χ3v) is 5.42. The Morgan fingerprint density at radius 2 is 2.04 bits per heavy atom. The number of amides is 1. The molecule has 0 fully saturated rings. The van der Waals surface area contributed by atoms with Gasteiger partial charge in [0.1, 0.15) is 5.75 Å². The van der Waals surface area contributed by atoms with Crippen LogP contribution in [-0.4, -0.2) is 25.9 Å². The second-order valence-electron chi connectivity index (χ2n) is 6.06. The van der Waals surface area contributed by atoms with Gasteiger partial charge in [-0.05, 0) is 61.1 Å². The second kappa shape index (κ2) is 7.82. The molecule has 26 heavy (non-hydrogen) atoms. The molecule has 1 aliphatic rings. The number of carbonyl (C=O) groups excluding carboxylic acids is 1. The molecule has 8 heteroatoms. The molecule has 0 saturated carbocycles. The van der Waals surface area contributed by atoms with Crippen molar-refractivity contribution < 1.29 is 22.3 Å². The number of aryl methyl sites for hydroxylation is 2. The fraction of sp³-hybridized carbons (Fsp3) is 0.333. The van der Waals surface area contributed by atoms with Crippen molar-refractivity contribution in [3.05, 3.63) is 53.5 Å². The van der Waals surface area contributed by atoms with E-state index in [0.717, 1.165) is 37.3 Å². The fourth-order valence-corrected chi connectivity index (χ4v) is 3.90. The number of nitrogens with one attached hydrogen (secondary N) is 1. The second-order valence-corrected chi connectivity index (χ2v) is 7.65. The van der Waals surface area contributed by atoms with Crippen LogP contribution in [0.15, 0.2) is 41.6 Å². The van der Waals surface area contributed by atoms with E-state index in [1.165, 1.54) is 17.2 Å². The predicted octanol–water partition coefficient (Wildman–Crippen LogP) is 2.37. The number of carbonyl (C=O) groups is 1. The summed E-state index contributed by atoms with van der Waals surface area (Å²) in [4.78, 5) is 15.3. The van der Waals surface area contributed by atoms with Gasteiger partial charge in [-0.15, -0.1) is 0 Å². The minimum Gasteiger partial charge on any atom is -0.494 e. The Hall–Kier alpha value is -2.48. The maximum Gasteiger partial charge on any atom is 0.284 e. The lowest BCUT2D eigenvalue weighted by Crippen LogP contribution is -2.31. The summed E-state index contributed by atoms with van der Waals surface area (Å²) in [5, 5.41) is -0.789. The molecule has 1 aromatic carbocycles. The van der Waals surface area contributed by atoms with Crippen LogP contribution in [0.1, 0.15) is 30.4 Å². The number of sulfonamides is 1. The van der Waals surface area contributed by atoms with Crippen LogP contribution in [0.25, 0.3) is 0 Å². The summed E-state index contributed by atoms with van der Waals surface area (Å²) < 4.78 is 44.9. The van der Waals surface area contributed by atoms with Crippen LogP contribution in [-0.2, 0) is 27.7 Å². The molecule has 1 amide bonds. The molecule has 6 nitrogen and oxygen atoms in total. The highest BCUT2D eigenvalue weighted by atomic mass is 32.2. The van der Waals surface area contributed by atoms with Gasteiger partial charge in [0.15, 0.2) is 5.82 Å². The Kier molecular flexibility index (Phi) is 5.51. The largest absolute Gasteiger partial charge is 0.494 e. The zero-order valence-corrected chi connectivity index (χ0v) is 14.9. The Morgan fingerprint density at radius 3 is 2.85 bits per heavy atom. The summed E-state index contributed by atoms with van der Waals surface area (Å²) in [6.07, 6.45) is 4.73. The van der Waals surface area contributed by atoms with E-state index in [1.54, 1.807) is 0 Å². The van der Waals surface area contributed by atoms with E-state index in [1.807, 2.05) is 16.9 Å². The van der Waals surface area contributed by atoms with Crippen LogP contribution in [0.4, 0.5) is 4.39 Å². The van der Waals surface area contributed by atoms with Crippen molar-refractivity contribution >= 4 is 15.9 Å². The highest BCUT2D eigenvalue weighted by molar-refractivity contribution is 7.90. The summed E-state index contributed by atoms with van der Waals surface area (Å²) in [6.45, 7) is 0.282. The van der Waals surface area contributed by atoms with Crippen LogP contribution < -0.4 is 9.46 Å². The molecule has 0 aliphatic heterocycles. The highest BCUT2D eigenvalue weighted by Crippen LogP contribution is 2.26. The molecular weight excluding hydrogens is 359 g/mol. The zero-order chi connectivity index (χ0) is 18.6. The topological polar surface area (TPSA) is 85.4 Å². The Bertz CT molecular complexity index is 915. The van der Waals surface area contributed by atoms with E-state index in [2.05, 4.69) is 11.1 Å². The van der Waals surface area contributed by atoms with Gasteiger partial charge < -0.3 is 4.74 Å². The van der Waals surface area contributed by atoms with Crippen molar-refractivity contribution in [3.8, 4) is 5.75 Å². The van der Waals surface area contributed by atoms with Gasteiger partial charge in [0.05, 0.1) is 6.61 Å². The van der Waals surface area contributed by atoms with Crippen molar-refractivity contribution in [1.82, 2.24) is 9.71 Å². The van der Waals surface area contributed by atoms with Crippen LogP contribution in [0, 0.1) is 5.82 Å². The van der Waals surface area contributed by atoms with Crippen molar-refractivity contribution in [2.24, 2.45) is 0 Å². The normalized spacial score (nSPS) is 13.3. The zero-order valence-electron chi connectivity index (χ0n) is 14.1. The van der Waals surface area contributed by atoms with Gasteiger partial charge in [-0.1, -0.05) is 6.07 Å². The molecule has 1 aliphatic carbocycles. The average molecular weight is 378 g/mol. The first-order chi connectivity index (χ1) is 12.5. The third-order valence-electron chi connectivity index (χ3n) is 4.11. The van der Waals surface area contributed by atoms with Crippen molar-refractivity contribution in [3.63, 3.8) is 0 Å². The number of nitrogens with zero attached hydrogens (tertiary/aromatic N) is 1. The van der Waals surface area contributed by atoms with E-state index in [9.17, 15) is 17.6 Å². The Balaban J connectivity index is 1.46. The predicted molar refractivity (Wildman–Crippen MR) is 92.7 cm³/mol. The number of hydrogen-bond acceptors (Lipinski definition) is 5. The molecule has 0 saturated heterocycles. The number of pyridine rings is 1. The minimum atomic E-state index is -4.31. The third kappa shape index (κ3) is 4.37. The Labute approximate surface area is 151 Å². The summed E-state index contributed by atoms with van der Waals surface area (Å²) in [7, 11) is -4.31. The number of aromatic nitrogens is 1. The number of benzene rings is 1. The van der Waals surface area contributed by atoms with Gasteiger partial charge in [-0.3, -0.25) is 4.79 Å². The number of hydrogen-bond donors (Lipinski definition) is 1. The van der Waals surface area contributed by atoms with Gasteiger partial charge in [0, 0.05) is 12.6 Å². The lowest BCUT2D eigenvalue weighted by molar-refractivity contribution is -0.119. The SMILES string of the molecule is O=C(CCCOc1ccc2c(c1)CCC2)NS(=O)(=O)c1ncccc1F. The average Bonchev–Trinajstić information content (AvgIpc) is 3.06. The molecule has 0 atom stereocenters. The van der Waals surface area contributed by atoms with Crippen molar-refractivity contribution in [2.75, 3.05) is 6.61 Å². The van der Waals surface area contributed by atoms with E-state index in [4.69, 9.17) is 4.74 Å². The minimum absolute atomic E-state index is 0.0569. The van der Waals surface area contributed by atoms with Gasteiger partial charge in [-0.2, -0.15) is 8.42 Å². The molecule has 0 bridgehead atoms. The maximum absolute atomic E-state index is 13.5. The first-order valence-corrected chi connectivity index (χ1v) is 9.85. The number of fused-ring (bicyclic) bond motifs is 1. The lowest BCUT2D eigenvalue weighted by atomic mass is 10.1. The number of rotatable bonds is 7. The maximum atomic E-state index is 13.5. The van der Waals surface area contributed by atoms with E-state index in [-0.39, 0.29) is 13.0 Å². The van der Waals surface area contributed by atoms with Crippen molar-refractivity contribution in [2.45, 2.75) is 37.1 Å². The highest BCUT2D eigenvalue weighted by Gasteiger charge is 2.22. The first-order valence-electron chi connectivity index (χ1n) is 8.36. The van der Waals surface area contributed by atoms with Gasteiger partial charge in [0.25, 0.3) is 10.0 Å².